The minimum Gasteiger partial charge on any atom is -0.467 e. The number of hydrogen-bond acceptors (Lipinski definition) is 4. The number of carbonyl (C=O) groups is 1. The molecular formula is C13H21ClN2O3. The molecule has 2 rings (SSSR count). The van der Waals surface area contributed by atoms with Crippen LogP contribution in [0.5, 0.6) is 0 Å². The number of halogens is 1. The number of carbonyl (C=O) groups excluding carboxylic acids is 1. The first kappa shape index (κ1) is 16.0. The smallest absolute Gasteiger partial charge is 0.254 e. The molecule has 3 N–H and O–H groups in total. The number of nitrogens with one attached hydrogen (secondary N) is 1. The van der Waals surface area contributed by atoms with Crippen molar-refractivity contribution in [3.63, 3.8) is 0 Å². The molecule has 6 heteroatoms. The normalized spacial score (nSPS) is 13.9. The quantitative estimate of drug-likeness (QED) is 0.714. The number of furan rings is 1. The maximum atomic E-state index is 11.7. The Hall–Kier alpha value is -1.04. The highest BCUT2D eigenvalue weighted by Crippen LogP contribution is 2.28. The molecule has 19 heavy (non-hydrogen) atoms. The van der Waals surface area contributed by atoms with Gasteiger partial charge >= 0.3 is 0 Å². The van der Waals surface area contributed by atoms with Crippen LogP contribution in [0.2, 0.25) is 0 Å². The molecule has 0 spiro atoms. The van der Waals surface area contributed by atoms with E-state index in [-0.39, 0.29) is 18.3 Å². The van der Waals surface area contributed by atoms with Gasteiger partial charge in [-0.3, -0.25) is 4.79 Å². The molecular weight excluding hydrogens is 268 g/mol. The lowest BCUT2D eigenvalue weighted by molar-refractivity contribution is 0.0937. The number of hydrogen-bond donors (Lipinski definition) is 2. The first-order valence-corrected chi connectivity index (χ1v) is 6.43. The Balaban J connectivity index is 0.00000180. The molecule has 0 unspecified atom stereocenters. The summed E-state index contributed by atoms with van der Waals surface area (Å²) in [5.41, 5.74) is 5.93. The van der Waals surface area contributed by atoms with Crippen LogP contribution >= 0.6 is 12.4 Å². The Labute approximate surface area is 119 Å². The Bertz CT molecular complexity index is 391. The summed E-state index contributed by atoms with van der Waals surface area (Å²) in [5.74, 6) is 1.29. The first-order chi connectivity index (χ1) is 8.79. The topological polar surface area (TPSA) is 77.5 Å². The van der Waals surface area contributed by atoms with Crippen LogP contribution in [0.1, 0.15) is 35.4 Å². The molecule has 1 aliphatic rings. The van der Waals surface area contributed by atoms with Crippen molar-refractivity contribution < 1.29 is 13.9 Å². The third-order valence-electron chi connectivity index (χ3n) is 2.92. The van der Waals surface area contributed by atoms with Crippen molar-refractivity contribution in [2.45, 2.75) is 25.8 Å². The maximum Gasteiger partial charge on any atom is 0.254 e. The lowest BCUT2D eigenvalue weighted by atomic mass is 10.3. The Morgan fingerprint density at radius 2 is 2.32 bits per heavy atom. The highest BCUT2D eigenvalue weighted by atomic mass is 35.5. The predicted octanol–water partition coefficient (Wildman–Crippen LogP) is 1.71. The van der Waals surface area contributed by atoms with Crippen molar-refractivity contribution in [2.24, 2.45) is 11.7 Å². The Morgan fingerprint density at radius 1 is 1.53 bits per heavy atom. The van der Waals surface area contributed by atoms with Crippen LogP contribution in [-0.4, -0.2) is 25.7 Å². The van der Waals surface area contributed by atoms with Gasteiger partial charge in [-0.05, 0) is 31.2 Å². The van der Waals surface area contributed by atoms with E-state index in [2.05, 4.69) is 5.32 Å². The van der Waals surface area contributed by atoms with Gasteiger partial charge in [-0.25, -0.2) is 0 Å². The Morgan fingerprint density at radius 3 is 2.95 bits per heavy atom. The lowest BCUT2D eigenvalue weighted by Crippen LogP contribution is -2.24. The molecule has 0 atom stereocenters. The fourth-order valence-corrected chi connectivity index (χ4v) is 1.62. The molecule has 0 radical (unpaired) electrons. The van der Waals surface area contributed by atoms with E-state index in [4.69, 9.17) is 14.9 Å². The number of amides is 1. The second-order valence-electron chi connectivity index (χ2n) is 4.63. The summed E-state index contributed by atoms with van der Waals surface area (Å²) in [6, 6.07) is 1.67. The minimum absolute atomic E-state index is 0. The van der Waals surface area contributed by atoms with Crippen LogP contribution in [0.15, 0.2) is 16.7 Å². The summed E-state index contributed by atoms with van der Waals surface area (Å²) in [7, 11) is 0. The van der Waals surface area contributed by atoms with E-state index in [9.17, 15) is 4.79 Å². The molecule has 5 nitrogen and oxygen atoms in total. The van der Waals surface area contributed by atoms with Crippen LogP contribution < -0.4 is 11.1 Å². The first-order valence-electron chi connectivity index (χ1n) is 6.43. The fraction of sp³-hybridized carbons (Fsp3) is 0.615. The number of nitrogens with two attached hydrogens (primary N) is 1. The molecule has 0 aliphatic heterocycles. The lowest BCUT2D eigenvalue weighted by Gasteiger charge is -2.04. The van der Waals surface area contributed by atoms with Gasteiger partial charge in [0.2, 0.25) is 0 Å². The van der Waals surface area contributed by atoms with Gasteiger partial charge in [0.25, 0.3) is 5.91 Å². The van der Waals surface area contributed by atoms with Crippen molar-refractivity contribution in [3.8, 4) is 0 Å². The van der Waals surface area contributed by atoms with Crippen molar-refractivity contribution in [1.82, 2.24) is 5.32 Å². The fourth-order valence-electron chi connectivity index (χ4n) is 1.62. The average Bonchev–Trinajstić information content (AvgIpc) is 3.07. The molecule has 1 aromatic rings. The summed E-state index contributed by atoms with van der Waals surface area (Å²) < 4.78 is 10.6. The van der Waals surface area contributed by atoms with Crippen LogP contribution in [0, 0.1) is 5.92 Å². The third kappa shape index (κ3) is 5.63. The molecule has 0 bridgehead atoms. The number of ether oxygens (including phenoxy) is 1. The Kier molecular flexibility index (Phi) is 6.91. The summed E-state index contributed by atoms with van der Waals surface area (Å²) in [5, 5.41) is 2.82. The van der Waals surface area contributed by atoms with Crippen molar-refractivity contribution in [2.75, 3.05) is 19.8 Å². The molecule has 1 aliphatic carbocycles. The second-order valence-corrected chi connectivity index (χ2v) is 4.63. The van der Waals surface area contributed by atoms with Gasteiger partial charge in [0.1, 0.15) is 12.0 Å². The van der Waals surface area contributed by atoms with Gasteiger partial charge in [-0.2, -0.15) is 0 Å². The number of rotatable bonds is 8. The second kappa shape index (κ2) is 8.19. The maximum absolute atomic E-state index is 11.7. The van der Waals surface area contributed by atoms with E-state index >= 15 is 0 Å². The summed E-state index contributed by atoms with van der Waals surface area (Å²) >= 11 is 0. The molecule has 1 fully saturated rings. The summed E-state index contributed by atoms with van der Waals surface area (Å²) in [6.45, 7) is 2.50. The molecule has 0 saturated heterocycles. The van der Waals surface area contributed by atoms with Crippen LogP contribution in [0.4, 0.5) is 0 Å². The van der Waals surface area contributed by atoms with Gasteiger partial charge in [0.15, 0.2) is 0 Å². The van der Waals surface area contributed by atoms with Gasteiger partial charge < -0.3 is 20.2 Å². The molecule has 0 aromatic carbocycles. The van der Waals surface area contributed by atoms with E-state index in [1.807, 2.05) is 0 Å². The highest BCUT2D eigenvalue weighted by Gasteiger charge is 2.20. The molecule has 108 valence electrons. The summed E-state index contributed by atoms with van der Waals surface area (Å²) in [6.07, 6.45) is 4.88. The zero-order valence-electron chi connectivity index (χ0n) is 10.9. The average molecular weight is 289 g/mol. The van der Waals surface area contributed by atoms with Crippen molar-refractivity contribution in [1.29, 1.82) is 0 Å². The van der Waals surface area contributed by atoms with Crippen molar-refractivity contribution in [3.05, 3.63) is 23.7 Å². The van der Waals surface area contributed by atoms with Crippen molar-refractivity contribution >= 4 is 18.3 Å². The minimum atomic E-state index is -0.124. The van der Waals surface area contributed by atoms with Gasteiger partial charge in [0.05, 0.1) is 12.1 Å². The third-order valence-corrected chi connectivity index (χ3v) is 2.92. The van der Waals surface area contributed by atoms with E-state index in [0.29, 0.717) is 31.0 Å². The van der Waals surface area contributed by atoms with Gasteiger partial charge in [0, 0.05) is 19.8 Å². The van der Waals surface area contributed by atoms with E-state index in [1.165, 1.54) is 19.1 Å². The standard InChI is InChI=1S/C13H20N2O3.ClH/c14-7-12-6-11(9-18-12)13(16)15-4-1-5-17-8-10-2-3-10;/h6,9-10H,1-5,7-8,14H2,(H,15,16);1H. The zero-order chi connectivity index (χ0) is 12.8. The van der Waals surface area contributed by atoms with Crippen LogP contribution in [0.25, 0.3) is 0 Å². The molecule has 1 amide bonds. The van der Waals surface area contributed by atoms with Crippen LogP contribution in [0.3, 0.4) is 0 Å². The van der Waals surface area contributed by atoms with E-state index in [0.717, 1.165) is 18.9 Å². The monoisotopic (exact) mass is 288 g/mol. The molecule has 1 aromatic heterocycles. The summed E-state index contributed by atoms with van der Waals surface area (Å²) in [4.78, 5) is 11.7. The SMILES string of the molecule is Cl.NCc1cc(C(=O)NCCCOCC2CC2)co1. The van der Waals surface area contributed by atoms with Crippen LogP contribution in [-0.2, 0) is 11.3 Å². The molecule has 1 heterocycles. The van der Waals surface area contributed by atoms with E-state index < -0.39 is 0 Å². The molecule has 1 saturated carbocycles. The van der Waals surface area contributed by atoms with Gasteiger partial charge in [-0.1, -0.05) is 0 Å². The predicted molar refractivity (Wildman–Crippen MR) is 74.3 cm³/mol. The highest BCUT2D eigenvalue weighted by molar-refractivity contribution is 5.93. The zero-order valence-corrected chi connectivity index (χ0v) is 11.7. The largest absolute Gasteiger partial charge is 0.467 e. The van der Waals surface area contributed by atoms with Gasteiger partial charge in [-0.15, -0.1) is 12.4 Å². The van der Waals surface area contributed by atoms with E-state index in [1.54, 1.807) is 6.07 Å².